The number of hydrogen-bond donors (Lipinski definition) is 1. The molecule has 1 amide bonds. The third-order valence-electron chi connectivity index (χ3n) is 3.59. The molecule has 0 radical (unpaired) electrons. The molecule has 0 bridgehead atoms. The number of benzene rings is 2. The van der Waals surface area contributed by atoms with Crippen LogP contribution in [0.25, 0.3) is 11.3 Å². The highest BCUT2D eigenvalue weighted by atomic mass is 32.1. The van der Waals surface area contributed by atoms with Crippen molar-refractivity contribution in [3.8, 4) is 17.0 Å². The lowest BCUT2D eigenvalue weighted by Gasteiger charge is -2.14. The quantitative estimate of drug-likeness (QED) is 0.723. The first-order valence-electron chi connectivity index (χ1n) is 7.77. The zero-order valence-electron chi connectivity index (χ0n) is 13.8. The fourth-order valence-electron chi connectivity index (χ4n) is 2.18. The van der Waals surface area contributed by atoms with E-state index < -0.39 is 11.9 Å². The van der Waals surface area contributed by atoms with Gasteiger partial charge in [0.25, 0.3) is 5.91 Å². The Kier molecular flexibility index (Phi) is 5.09. The Morgan fingerprint density at radius 1 is 1.20 bits per heavy atom. The van der Waals surface area contributed by atoms with Gasteiger partial charge in [0.1, 0.15) is 0 Å². The second kappa shape index (κ2) is 7.44. The van der Waals surface area contributed by atoms with Crippen LogP contribution in [-0.2, 0) is 4.79 Å². The SMILES string of the molecule is Cc1ccc(-c2csc(NC(=O)[C@@H](C)Oc3ccccc3F)n2)cc1. The van der Waals surface area contributed by atoms with Gasteiger partial charge in [-0.15, -0.1) is 11.3 Å². The molecule has 0 aliphatic carbocycles. The molecule has 4 nitrogen and oxygen atoms in total. The summed E-state index contributed by atoms with van der Waals surface area (Å²) in [6.07, 6.45) is -0.844. The molecule has 1 atom stereocenters. The number of carbonyl (C=O) groups is 1. The second-order valence-corrected chi connectivity index (χ2v) is 6.44. The number of aromatic nitrogens is 1. The molecule has 0 aliphatic rings. The van der Waals surface area contributed by atoms with Crippen LogP contribution in [0.15, 0.2) is 53.9 Å². The summed E-state index contributed by atoms with van der Waals surface area (Å²) in [6, 6.07) is 14.0. The lowest BCUT2D eigenvalue weighted by molar-refractivity contribution is -0.122. The molecule has 1 N–H and O–H groups in total. The highest BCUT2D eigenvalue weighted by Crippen LogP contribution is 2.25. The Bertz CT molecular complexity index is 877. The summed E-state index contributed by atoms with van der Waals surface area (Å²) in [4.78, 5) is 16.6. The number of carbonyl (C=O) groups excluding carboxylic acids is 1. The van der Waals surface area contributed by atoms with E-state index in [4.69, 9.17) is 4.74 Å². The van der Waals surface area contributed by atoms with E-state index >= 15 is 0 Å². The highest BCUT2D eigenvalue weighted by molar-refractivity contribution is 7.14. The fraction of sp³-hybridized carbons (Fsp3) is 0.158. The number of nitrogens with one attached hydrogen (secondary N) is 1. The summed E-state index contributed by atoms with van der Waals surface area (Å²) in [5, 5.41) is 5.06. The van der Waals surface area contributed by atoms with Crippen LogP contribution in [0.2, 0.25) is 0 Å². The van der Waals surface area contributed by atoms with Crippen molar-refractivity contribution in [1.29, 1.82) is 0 Å². The number of hydrogen-bond acceptors (Lipinski definition) is 4. The van der Waals surface area contributed by atoms with Crippen LogP contribution in [0.5, 0.6) is 5.75 Å². The van der Waals surface area contributed by atoms with Gasteiger partial charge in [-0.2, -0.15) is 0 Å². The van der Waals surface area contributed by atoms with Gasteiger partial charge in [-0.05, 0) is 26.0 Å². The van der Waals surface area contributed by atoms with Crippen molar-refractivity contribution >= 4 is 22.4 Å². The molecule has 25 heavy (non-hydrogen) atoms. The molecule has 0 unspecified atom stereocenters. The van der Waals surface area contributed by atoms with E-state index in [-0.39, 0.29) is 11.7 Å². The lowest BCUT2D eigenvalue weighted by atomic mass is 10.1. The van der Waals surface area contributed by atoms with Gasteiger partial charge in [0, 0.05) is 10.9 Å². The average molecular weight is 356 g/mol. The third kappa shape index (κ3) is 4.22. The molecule has 6 heteroatoms. The molecular weight excluding hydrogens is 339 g/mol. The predicted molar refractivity (Wildman–Crippen MR) is 97.4 cm³/mol. The monoisotopic (exact) mass is 356 g/mol. The minimum absolute atomic E-state index is 0.0460. The van der Waals surface area contributed by atoms with Gasteiger partial charge >= 0.3 is 0 Å². The van der Waals surface area contributed by atoms with Crippen molar-refractivity contribution in [2.45, 2.75) is 20.0 Å². The first-order valence-corrected chi connectivity index (χ1v) is 8.65. The van der Waals surface area contributed by atoms with E-state index in [2.05, 4.69) is 10.3 Å². The number of ether oxygens (including phenoxy) is 1. The summed E-state index contributed by atoms with van der Waals surface area (Å²) in [5.41, 5.74) is 2.95. The van der Waals surface area contributed by atoms with Crippen molar-refractivity contribution in [3.63, 3.8) is 0 Å². The molecule has 1 aromatic heterocycles. The van der Waals surface area contributed by atoms with Gasteiger partial charge in [0.15, 0.2) is 22.8 Å². The summed E-state index contributed by atoms with van der Waals surface area (Å²) in [5.74, 6) is -0.837. The van der Waals surface area contributed by atoms with Crippen LogP contribution in [-0.4, -0.2) is 17.0 Å². The smallest absolute Gasteiger partial charge is 0.266 e. The van der Waals surface area contributed by atoms with Crippen LogP contribution >= 0.6 is 11.3 Å². The van der Waals surface area contributed by atoms with Gasteiger partial charge < -0.3 is 4.74 Å². The maximum atomic E-state index is 13.6. The molecule has 0 spiro atoms. The van der Waals surface area contributed by atoms with Crippen LogP contribution in [0, 0.1) is 12.7 Å². The van der Waals surface area contributed by atoms with Crippen molar-refractivity contribution in [2.75, 3.05) is 5.32 Å². The first-order chi connectivity index (χ1) is 12.0. The molecule has 3 aromatic rings. The normalized spacial score (nSPS) is 11.8. The lowest BCUT2D eigenvalue weighted by Crippen LogP contribution is -2.30. The summed E-state index contributed by atoms with van der Waals surface area (Å²) in [7, 11) is 0. The zero-order valence-corrected chi connectivity index (χ0v) is 14.6. The molecular formula is C19H17FN2O2S. The molecule has 3 rings (SSSR count). The Hall–Kier alpha value is -2.73. The van der Waals surface area contributed by atoms with Crippen LogP contribution in [0.4, 0.5) is 9.52 Å². The fourth-order valence-corrected chi connectivity index (χ4v) is 2.90. The van der Waals surface area contributed by atoms with E-state index in [0.29, 0.717) is 5.13 Å². The Balaban J connectivity index is 1.65. The van der Waals surface area contributed by atoms with Gasteiger partial charge in [-0.3, -0.25) is 10.1 Å². The Morgan fingerprint density at radius 3 is 2.64 bits per heavy atom. The summed E-state index contributed by atoms with van der Waals surface area (Å²) >= 11 is 1.33. The highest BCUT2D eigenvalue weighted by Gasteiger charge is 2.18. The molecule has 0 saturated heterocycles. The standard InChI is InChI=1S/C19H17FN2O2S/c1-12-7-9-14(10-8-12)16-11-25-19(21-16)22-18(23)13(2)24-17-6-4-3-5-15(17)20/h3-11,13H,1-2H3,(H,21,22,23)/t13-/m1/s1. The molecule has 0 fully saturated rings. The van der Waals surface area contributed by atoms with Crippen molar-refractivity contribution in [3.05, 3.63) is 65.3 Å². The number of para-hydroxylation sites is 1. The Morgan fingerprint density at radius 2 is 1.92 bits per heavy atom. The van der Waals surface area contributed by atoms with Gasteiger partial charge in [0.05, 0.1) is 5.69 Å². The molecule has 0 aliphatic heterocycles. The maximum absolute atomic E-state index is 13.6. The number of anilines is 1. The summed E-state index contributed by atoms with van der Waals surface area (Å²) < 4.78 is 19.0. The second-order valence-electron chi connectivity index (χ2n) is 5.58. The predicted octanol–water partition coefficient (Wildman–Crippen LogP) is 4.66. The number of rotatable bonds is 5. The van der Waals surface area contributed by atoms with E-state index in [1.807, 2.05) is 36.6 Å². The maximum Gasteiger partial charge on any atom is 0.266 e. The number of halogens is 1. The van der Waals surface area contributed by atoms with E-state index in [0.717, 1.165) is 11.3 Å². The van der Waals surface area contributed by atoms with Crippen molar-refractivity contribution in [2.24, 2.45) is 0 Å². The first kappa shape index (κ1) is 17.1. The Labute approximate surface area is 149 Å². The van der Waals surface area contributed by atoms with Crippen molar-refractivity contribution < 1.29 is 13.9 Å². The van der Waals surface area contributed by atoms with Crippen molar-refractivity contribution in [1.82, 2.24) is 4.98 Å². The largest absolute Gasteiger partial charge is 0.478 e. The minimum atomic E-state index is -0.844. The number of aryl methyl sites for hydroxylation is 1. The van der Waals surface area contributed by atoms with E-state index in [9.17, 15) is 9.18 Å². The molecule has 1 heterocycles. The number of thiazole rings is 1. The zero-order chi connectivity index (χ0) is 17.8. The molecule has 128 valence electrons. The van der Waals surface area contributed by atoms with E-state index in [1.54, 1.807) is 19.1 Å². The number of nitrogens with zero attached hydrogens (tertiary/aromatic N) is 1. The van der Waals surface area contributed by atoms with Crippen LogP contribution < -0.4 is 10.1 Å². The molecule has 2 aromatic carbocycles. The average Bonchev–Trinajstić information content (AvgIpc) is 3.06. The number of amides is 1. The van der Waals surface area contributed by atoms with Gasteiger partial charge in [0.2, 0.25) is 0 Å². The van der Waals surface area contributed by atoms with E-state index in [1.165, 1.54) is 29.0 Å². The van der Waals surface area contributed by atoms with Crippen LogP contribution in [0.1, 0.15) is 12.5 Å². The topological polar surface area (TPSA) is 51.2 Å². The van der Waals surface area contributed by atoms with Gasteiger partial charge in [-0.1, -0.05) is 42.0 Å². The molecule has 0 saturated carbocycles. The summed E-state index contributed by atoms with van der Waals surface area (Å²) in [6.45, 7) is 3.59. The third-order valence-corrected chi connectivity index (χ3v) is 4.35. The minimum Gasteiger partial charge on any atom is -0.478 e. The van der Waals surface area contributed by atoms with Gasteiger partial charge in [-0.25, -0.2) is 9.37 Å². The van der Waals surface area contributed by atoms with Crippen LogP contribution in [0.3, 0.4) is 0 Å².